The largest absolute Gasteiger partial charge is 0.444 e. The van der Waals surface area contributed by atoms with Crippen LogP contribution >= 0.6 is 0 Å². The third-order valence-corrected chi connectivity index (χ3v) is 5.65. The van der Waals surface area contributed by atoms with Crippen molar-refractivity contribution in [2.45, 2.75) is 51.4 Å². The fourth-order valence-corrected chi connectivity index (χ4v) is 3.90. The highest BCUT2D eigenvalue weighted by molar-refractivity contribution is 5.75. The lowest BCUT2D eigenvalue weighted by Gasteiger charge is -2.38. The molecule has 34 heavy (non-hydrogen) atoms. The van der Waals surface area contributed by atoms with E-state index >= 15 is 0 Å². The van der Waals surface area contributed by atoms with E-state index in [0.29, 0.717) is 18.8 Å². The van der Waals surface area contributed by atoms with E-state index in [-0.39, 0.29) is 41.7 Å². The molecule has 0 unspecified atom stereocenters. The molecule has 12 heteroatoms. The Hall–Kier alpha value is -3.80. The van der Waals surface area contributed by atoms with Gasteiger partial charge in [-0.2, -0.15) is 5.10 Å². The van der Waals surface area contributed by atoms with Crippen LogP contribution in [-0.2, 0) is 11.3 Å². The average Bonchev–Trinajstić information content (AvgIpc) is 3.20. The van der Waals surface area contributed by atoms with Gasteiger partial charge < -0.3 is 14.7 Å². The van der Waals surface area contributed by atoms with Crippen molar-refractivity contribution in [3.8, 4) is 5.69 Å². The molecule has 0 aliphatic carbocycles. The number of hydrogen-bond acceptors (Lipinski definition) is 8. The van der Waals surface area contributed by atoms with Crippen molar-refractivity contribution >= 4 is 22.8 Å². The molecule has 1 N–H and O–H groups in total. The number of likely N-dealkylation sites (tertiary alicyclic amines) is 1. The van der Waals surface area contributed by atoms with Crippen molar-refractivity contribution in [3.63, 3.8) is 0 Å². The quantitative estimate of drug-likeness (QED) is 0.451. The molecule has 0 radical (unpaired) electrons. The van der Waals surface area contributed by atoms with Gasteiger partial charge in [0.1, 0.15) is 17.3 Å². The van der Waals surface area contributed by atoms with E-state index in [4.69, 9.17) is 4.74 Å². The van der Waals surface area contributed by atoms with E-state index in [0.717, 1.165) is 0 Å². The first-order valence-corrected chi connectivity index (χ1v) is 10.8. The molecule has 180 valence electrons. The lowest BCUT2D eigenvalue weighted by Crippen LogP contribution is -2.50. The van der Waals surface area contributed by atoms with Crippen molar-refractivity contribution < 1.29 is 19.6 Å². The smallest absolute Gasteiger partial charge is 0.410 e. The Bertz CT molecular complexity index is 1300. The van der Waals surface area contributed by atoms with Gasteiger partial charge in [0, 0.05) is 25.2 Å². The summed E-state index contributed by atoms with van der Waals surface area (Å²) in [4.78, 5) is 41.8. The van der Waals surface area contributed by atoms with Crippen LogP contribution in [0, 0.1) is 10.1 Å². The van der Waals surface area contributed by atoms with Crippen LogP contribution in [0.4, 0.5) is 10.5 Å². The van der Waals surface area contributed by atoms with Crippen LogP contribution in [0.1, 0.15) is 33.6 Å². The maximum absolute atomic E-state index is 13.1. The topological polar surface area (TPSA) is 146 Å². The molecular formula is C22H26N6O6. The number of ether oxygens (including phenoxy) is 1. The summed E-state index contributed by atoms with van der Waals surface area (Å²) in [5, 5.41) is 26.6. The molecule has 0 spiro atoms. The fraction of sp³-hybridized carbons (Fsp3) is 0.455. The van der Waals surface area contributed by atoms with Crippen molar-refractivity contribution in [1.29, 1.82) is 0 Å². The lowest BCUT2D eigenvalue weighted by molar-refractivity contribution is -0.384. The number of carbonyl (C=O) groups excluding carboxylic acids is 1. The Balaban J connectivity index is 1.52. The van der Waals surface area contributed by atoms with Crippen LogP contribution in [0.5, 0.6) is 0 Å². The summed E-state index contributed by atoms with van der Waals surface area (Å²) in [7, 11) is 0. The summed E-state index contributed by atoms with van der Waals surface area (Å²) >= 11 is 0. The number of aromatic nitrogens is 4. The lowest BCUT2D eigenvalue weighted by atomic mass is 9.91. The molecule has 12 nitrogen and oxygen atoms in total. The molecule has 1 saturated heterocycles. The second-order valence-electron chi connectivity index (χ2n) is 9.44. The standard InChI is InChI=1S/C22H26N6O6/c1-21(2,3)34-20(30)25-9-7-22(31,8-10-25)13-26-14-23-18-17(19(26)29)12-24-27(18)15-5-4-6-16(11-15)28(32)33/h4-6,11-12,14,31H,7-10,13H2,1-3H3. The number of carbonyl (C=O) groups is 1. The molecule has 3 heterocycles. The van der Waals surface area contributed by atoms with Gasteiger partial charge in [0.2, 0.25) is 0 Å². The predicted molar refractivity (Wildman–Crippen MR) is 122 cm³/mol. The van der Waals surface area contributed by atoms with Gasteiger partial charge in [-0.25, -0.2) is 14.5 Å². The first kappa shape index (κ1) is 23.4. The van der Waals surface area contributed by atoms with E-state index in [9.17, 15) is 24.8 Å². The van der Waals surface area contributed by atoms with Gasteiger partial charge in [0.15, 0.2) is 5.65 Å². The van der Waals surface area contributed by atoms with E-state index in [1.807, 2.05) is 0 Å². The Morgan fingerprint density at radius 2 is 2.00 bits per heavy atom. The third-order valence-electron chi connectivity index (χ3n) is 5.65. The summed E-state index contributed by atoms with van der Waals surface area (Å²) < 4.78 is 8.07. The number of piperidine rings is 1. The van der Waals surface area contributed by atoms with Gasteiger partial charge in [-0.3, -0.25) is 19.5 Å². The van der Waals surface area contributed by atoms with Gasteiger partial charge in [-0.05, 0) is 39.7 Å². The molecule has 0 saturated carbocycles. The zero-order chi connectivity index (χ0) is 24.7. The average molecular weight is 470 g/mol. The number of nitro groups is 1. The number of non-ortho nitro benzene ring substituents is 1. The fourth-order valence-electron chi connectivity index (χ4n) is 3.90. The van der Waals surface area contributed by atoms with Crippen molar-refractivity contribution in [1.82, 2.24) is 24.2 Å². The maximum Gasteiger partial charge on any atom is 0.410 e. The minimum Gasteiger partial charge on any atom is -0.444 e. The van der Waals surface area contributed by atoms with E-state index in [1.165, 1.54) is 40.0 Å². The number of rotatable bonds is 4. The first-order chi connectivity index (χ1) is 16.0. The summed E-state index contributed by atoms with van der Waals surface area (Å²) in [5.41, 5.74) is -1.61. The second-order valence-corrected chi connectivity index (χ2v) is 9.44. The number of fused-ring (bicyclic) bond motifs is 1. The minimum absolute atomic E-state index is 0.0128. The van der Waals surface area contributed by atoms with Crippen LogP contribution in [0.3, 0.4) is 0 Å². The summed E-state index contributed by atoms with van der Waals surface area (Å²) in [6.07, 6.45) is 2.82. The molecule has 1 aliphatic heterocycles. The van der Waals surface area contributed by atoms with Gasteiger partial charge in [0.05, 0.1) is 29.0 Å². The highest BCUT2D eigenvalue weighted by Crippen LogP contribution is 2.25. The van der Waals surface area contributed by atoms with E-state index in [1.54, 1.807) is 31.7 Å². The number of nitro benzene ring substituents is 1. The molecule has 4 rings (SSSR count). The number of benzene rings is 1. The van der Waals surface area contributed by atoms with E-state index in [2.05, 4.69) is 10.1 Å². The molecular weight excluding hydrogens is 444 g/mol. The Labute approximate surface area is 194 Å². The zero-order valence-electron chi connectivity index (χ0n) is 19.2. The number of aliphatic hydroxyl groups is 1. The molecule has 0 atom stereocenters. The highest BCUT2D eigenvalue weighted by Gasteiger charge is 2.36. The van der Waals surface area contributed by atoms with Gasteiger partial charge in [-0.1, -0.05) is 6.07 Å². The van der Waals surface area contributed by atoms with Gasteiger partial charge >= 0.3 is 6.09 Å². The van der Waals surface area contributed by atoms with Crippen LogP contribution < -0.4 is 5.56 Å². The van der Waals surface area contributed by atoms with E-state index < -0.39 is 22.2 Å². The SMILES string of the molecule is CC(C)(C)OC(=O)N1CCC(O)(Cn2cnc3c(cnn3-c3cccc([N+](=O)[O-])c3)c2=O)CC1. The van der Waals surface area contributed by atoms with Crippen molar-refractivity contribution in [2.75, 3.05) is 13.1 Å². The Kier molecular flexibility index (Phi) is 5.86. The molecule has 1 amide bonds. The summed E-state index contributed by atoms with van der Waals surface area (Å²) in [6.45, 7) is 6.01. The third kappa shape index (κ3) is 4.76. The van der Waals surface area contributed by atoms with Crippen LogP contribution in [0.2, 0.25) is 0 Å². The van der Waals surface area contributed by atoms with Crippen LogP contribution in [0.15, 0.2) is 41.6 Å². The molecule has 2 aromatic heterocycles. The number of hydrogen-bond donors (Lipinski definition) is 1. The maximum atomic E-state index is 13.1. The van der Waals surface area contributed by atoms with Gasteiger partial charge in [0.25, 0.3) is 11.2 Å². The van der Waals surface area contributed by atoms with Crippen LogP contribution in [-0.4, -0.2) is 64.6 Å². The molecule has 0 bridgehead atoms. The van der Waals surface area contributed by atoms with Gasteiger partial charge in [-0.15, -0.1) is 0 Å². The molecule has 3 aromatic rings. The Morgan fingerprint density at radius 3 is 2.65 bits per heavy atom. The van der Waals surface area contributed by atoms with Crippen LogP contribution in [0.25, 0.3) is 16.7 Å². The predicted octanol–water partition coefficient (Wildman–Crippen LogP) is 2.25. The zero-order valence-corrected chi connectivity index (χ0v) is 19.2. The van der Waals surface area contributed by atoms with Crippen molar-refractivity contribution in [2.24, 2.45) is 0 Å². The molecule has 1 fully saturated rings. The number of amides is 1. The molecule has 1 aliphatic rings. The van der Waals surface area contributed by atoms with Crippen molar-refractivity contribution in [3.05, 3.63) is 57.3 Å². The summed E-state index contributed by atoms with van der Waals surface area (Å²) in [5.74, 6) is 0. The summed E-state index contributed by atoms with van der Waals surface area (Å²) in [6, 6.07) is 5.88. The first-order valence-electron chi connectivity index (χ1n) is 10.8. The normalized spacial score (nSPS) is 15.9. The minimum atomic E-state index is -1.19. The Morgan fingerprint density at radius 1 is 1.29 bits per heavy atom. The number of nitrogens with zero attached hydrogens (tertiary/aromatic N) is 6. The molecule has 1 aromatic carbocycles. The highest BCUT2D eigenvalue weighted by atomic mass is 16.6. The monoisotopic (exact) mass is 470 g/mol. The second kappa shape index (κ2) is 8.52.